The van der Waals surface area contributed by atoms with Gasteiger partial charge in [0.15, 0.2) is 0 Å². The van der Waals surface area contributed by atoms with Crippen LogP contribution in [0.25, 0.3) is 11.1 Å². The molecule has 7 nitrogen and oxygen atoms in total. The average Bonchev–Trinajstić information content (AvgIpc) is 2.83. The lowest BCUT2D eigenvalue weighted by Crippen LogP contribution is -2.42. The van der Waals surface area contributed by atoms with E-state index in [1.54, 1.807) is 6.07 Å². The van der Waals surface area contributed by atoms with Crippen LogP contribution in [-0.4, -0.2) is 45.4 Å². The Balaban J connectivity index is 1.43. The highest BCUT2D eigenvalue weighted by Gasteiger charge is 2.13. The summed E-state index contributed by atoms with van der Waals surface area (Å²) in [6.07, 6.45) is 0. The SMILES string of the molecule is NS(=O)(=O)c1cccc(C(=O)NCc2cccc(-c3cccc(CN4CCNCC4)c3)c2)c1. The standard InChI is InChI=1S/C25H28N4O3S/c26-33(31,32)24-9-3-8-23(16-24)25(30)28-17-19-4-1-6-21(14-19)22-7-2-5-20(15-22)18-29-12-10-27-11-13-29/h1-9,14-16,27H,10-13,17-18H2,(H,28,30)(H2,26,31,32). The summed E-state index contributed by atoms with van der Waals surface area (Å²) in [7, 11) is -3.86. The molecule has 33 heavy (non-hydrogen) atoms. The maximum Gasteiger partial charge on any atom is 0.251 e. The van der Waals surface area contributed by atoms with Crippen LogP contribution >= 0.6 is 0 Å². The van der Waals surface area contributed by atoms with Gasteiger partial charge in [0.1, 0.15) is 0 Å². The van der Waals surface area contributed by atoms with Gasteiger partial charge >= 0.3 is 0 Å². The van der Waals surface area contributed by atoms with Gasteiger partial charge in [-0.25, -0.2) is 13.6 Å². The zero-order valence-electron chi connectivity index (χ0n) is 18.3. The third-order valence-electron chi connectivity index (χ3n) is 5.68. The van der Waals surface area contributed by atoms with Crippen LogP contribution in [0.3, 0.4) is 0 Å². The number of nitrogens with zero attached hydrogens (tertiary/aromatic N) is 1. The quantitative estimate of drug-likeness (QED) is 0.498. The van der Waals surface area contributed by atoms with Gasteiger partial charge in [-0.15, -0.1) is 0 Å². The Kier molecular flexibility index (Phi) is 7.20. The lowest BCUT2D eigenvalue weighted by Gasteiger charge is -2.27. The molecule has 0 aliphatic carbocycles. The van der Waals surface area contributed by atoms with E-state index in [4.69, 9.17) is 5.14 Å². The predicted molar refractivity (Wildman–Crippen MR) is 129 cm³/mol. The molecule has 0 aromatic heterocycles. The van der Waals surface area contributed by atoms with E-state index in [2.05, 4.69) is 51.9 Å². The second-order valence-corrected chi connectivity index (χ2v) is 9.74. The number of primary sulfonamides is 1. The first-order valence-corrected chi connectivity index (χ1v) is 12.5. The molecule has 1 fully saturated rings. The van der Waals surface area contributed by atoms with E-state index in [0.29, 0.717) is 6.54 Å². The molecule has 0 bridgehead atoms. The van der Waals surface area contributed by atoms with Crippen molar-refractivity contribution >= 4 is 15.9 Å². The van der Waals surface area contributed by atoms with Gasteiger partial charge in [0.05, 0.1) is 4.90 Å². The van der Waals surface area contributed by atoms with Crippen molar-refractivity contribution in [2.75, 3.05) is 26.2 Å². The third kappa shape index (κ3) is 6.27. The molecule has 172 valence electrons. The molecule has 8 heteroatoms. The molecule has 3 aromatic rings. The van der Waals surface area contributed by atoms with Gasteiger partial charge in [0.25, 0.3) is 5.91 Å². The highest BCUT2D eigenvalue weighted by molar-refractivity contribution is 7.89. The van der Waals surface area contributed by atoms with Gasteiger partial charge in [-0.05, 0) is 52.6 Å². The van der Waals surface area contributed by atoms with Gasteiger partial charge in [-0.3, -0.25) is 9.69 Å². The number of rotatable bonds is 7. The largest absolute Gasteiger partial charge is 0.348 e. The number of benzene rings is 3. The Morgan fingerprint density at radius 3 is 2.24 bits per heavy atom. The Morgan fingerprint density at radius 2 is 1.55 bits per heavy atom. The third-order valence-corrected chi connectivity index (χ3v) is 6.59. The van der Waals surface area contributed by atoms with Crippen LogP contribution in [0.2, 0.25) is 0 Å². The summed E-state index contributed by atoms with van der Waals surface area (Å²) in [5.41, 5.74) is 4.70. The first-order valence-electron chi connectivity index (χ1n) is 10.9. The number of nitrogens with one attached hydrogen (secondary N) is 2. The Morgan fingerprint density at radius 1 is 0.909 bits per heavy atom. The summed E-state index contributed by atoms with van der Waals surface area (Å²) in [4.78, 5) is 14.9. The van der Waals surface area contributed by atoms with Crippen molar-refractivity contribution < 1.29 is 13.2 Å². The minimum atomic E-state index is -3.86. The van der Waals surface area contributed by atoms with Crippen LogP contribution < -0.4 is 15.8 Å². The molecule has 0 spiro atoms. The first kappa shape index (κ1) is 23.1. The zero-order chi connectivity index (χ0) is 23.3. The van der Waals surface area contributed by atoms with Crippen molar-refractivity contribution in [3.63, 3.8) is 0 Å². The number of nitrogens with two attached hydrogens (primary N) is 1. The molecule has 0 radical (unpaired) electrons. The highest BCUT2D eigenvalue weighted by atomic mass is 32.2. The minimum Gasteiger partial charge on any atom is -0.348 e. The van der Waals surface area contributed by atoms with E-state index in [-0.39, 0.29) is 16.4 Å². The molecule has 0 atom stereocenters. The maximum atomic E-state index is 12.5. The van der Waals surface area contributed by atoms with Crippen molar-refractivity contribution in [3.05, 3.63) is 89.5 Å². The molecular weight excluding hydrogens is 436 g/mol. The normalized spacial score (nSPS) is 14.7. The number of piperazine rings is 1. The Labute approximate surface area is 194 Å². The van der Waals surface area contributed by atoms with E-state index >= 15 is 0 Å². The summed E-state index contributed by atoms with van der Waals surface area (Å²) >= 11 is 0. The highest BCUT2D eigenvalue weighted by Crippen LogP contribution is 2.22. The van der Waals surface area contributed by atoms with Crippen molar-refractivity contribution in [3.8, 4) is 11.1 Å². The molecule has 3 aromatic carbocycles. The van der Waals surface area contributed by atoms with Crippen LogP contribution in [0.4, 0.5) is 0 Å². The summed E-state index contributed by atoms with van der Waals surface area (Å²) in [5, 5.41) is 11.4. The van der Waals surface area contributed by atoms with Gasteiger partial charge in [0, 0.05) is 44.8 Å². The van der Waals surface area contributed by atoms with Crippen molar-refractivity contribution in [2.45, 2.75) is 18.0 Å². The molecule has 1 aliphatic heterocycles. The van der Waals surface area contributed by atoms with Crippen LogP contribution in [0, 0.1) is 0 Å². The van der Waals surface area contributed by atoms with Crippen LogP contribution in [0.15, 0.2) is 77.7 Å². The zero-order valence-corrected chi connectivity index (χ0v) is 19.1. The van der Waals surface area contributed by atoms with Gasteiger partial charge in [-0.1, -0.05) is 42.5 Å². The van der Waals surface area contributed by atoms with E-state index in [9.17, 15) is 13.2 Å². The fraction of sp³-hybridized carbons (Fsp3) is 0.240. The molecule has 4 rings (SSSR count). The second kappa shape index (κ2) is 10.3. The summed E-state index contributed by atoms with van der Waals surface area (Å²) < 4.78 is 23.1. The monoisotopic (exact) mass is 464 g/mol. The topological polar surface area (TPSA) is 105 Å². The van der Waals surface area contributed by atoms with E-state index in [1.165, 1.54) is 23.8 Å². The number of hydrogen-bond donors (Lipinski definition) is 3. The lowest BCUT2D eigenvalue weighted by atomic mass is 10.0. The fourth-order valence-electron chi connectivity index (χ4n) is 3.94. The van der Waals surface area contributed by atoms with Crippen molar-refractivity contribution in [1.82, 2.24) is 15.5 Å². The van der Waals surface area contributed by atoms with E-state index in [0.717, 1.165) is 49.4 Å². The summed E-state index contributed by atoms with van der Waals surface area (Å²) in [6, 6.07) is 22.3. The Bertz CT molecular complexity index is 1240. The van der Waals surface area contributed by atoms with Crippen LogP contribution in [0.5, 0.6) is 0 Å². The molecular formula is C25H28N4O3S. The van der Waals surface area contributed by atoms with Gasteiger partial charge in [0.2, 0.25) is 10.0 Å². The first-order chi connectivity index (χ1) is 15.9. The predicted octanol–water partition coefficient (Wildman–Crippen LogP) is 2.34. The van der Waals surface area contributed by atoms with Crippen LogP contribution in [0.1, 0.15) is 21.5 Å². The van der Waals surface area contributed by atoms with Crippen molar-refractivity contribution in [1.29, 1.82) is 0 Å². The van der Waals surface area contributed by atoms with Gasteiger partial charge < -0.3 is 10.6 Å². The van der Waals surface area contributed by atoms with E-state index < -0.39 is 10.0 Å². The lowest BCUT2D eigenvalue weighted by molar-refractivity contribution is 0.0950. The van der Waals surface area contributed by atoms with E-state index in [1.807, 2.05) is 12.1 Å². The molecule has 0 saturated carbocycles. The minimum absolute atomic E-state index is 0.0853. The molecule has 0 unspecified atom stereocenters. The summed E-state index contributed by atoms with van der Waals surface area (Å²) in [5.74, 6) is -0.357. The maximum absolute atomic E-state index is 12.5. The number of hydrogen-bond acceptors (Lipinski definition) is 5. The number of amides is 1. The van der Waals surface area contributed by atoms with Gasteiger partial charge in [-0.2, -0.15) is 0 Å². The molecule has 1 aliphatic rings. The number of sulfonamides is 1. The smallest absolute Gasteiger partial charge is 0.251 e. The van der Waals surface area contributed by atoms with Crippen molar-refractivity contribution in [2.24, 2.45) is 5.14 Å². The number of carbonyl (C=O) groups is 1. The summed E-state index contributed by atoms with van der Waals surface area (Å²) in [6.45, 7) is 5.42. The molecule has 1 saturated heterocycles. The average molecular weight is 465 g/mol. The molecule has 1 heterocycles. The molecule has 1 amide bonds. The Hall–Kier alpha value is -3.04. The number of carbonyl (C=O) groups excluding carboxylic acids is 1. The van der Waals surface area contributed by atoms with Crippen LogP contribution in [-0.2, 0) is 23.1 Å². The second-order valence-electron chi connectivity index (χ2n) is 8.18. The molecule has 4 N–H and O–H groups in total. The fourth-order valence-corrected chi connectivity index (χ4v) is 4.50.